The molecule has 2 aromatic carbocycles. The highest BCUT2D eigenvalue weighted by molar-refractivity contribution is 8.00. The summed E-state index contributed by atoms with van der Waals surface area (Å²) in [6, 6.07) is 20.9. The van der Waals surface area contributed by atoms with Gasteiger partial charge in [-0.15, -0.1) is 10.2 Å². The van der Waals surface area contributed by atoms with Gasteiger partial charge < -0.3 is 8.94 Å². The molecule has 1 aliphatic heterocycles. The quantitative estimate of drug-likeness (QED) is 0.419. The van der Waals surface area contributed by atoms with Gasteiger partial charge in [0.25, 0.3) is 5.89 Å². The molecule has 1 fully saturated rings. The molecule has 0 N–H and O–H groups in total. The molecule has 2 atom stereocenters. The van der Waals surface area contributed by atoms with Gasteiger partial charge in [-0.1, -0.05) is 72.7 Å². The van der Waals surface area contributed by atoms with E-state index in [2.05, 4.69) is 57.5 Å². The van der Waals surface area contributed by atoms with E-state index in [9.17, 15) is 0 Å². The largest absolute Gasteiger partial charge is 0.419 e. The zero-order valence-corrected chi connectivity index (χ0v) is 18.4. The summed E-state index contributed by atoms with van der Waals surface area (Å²) in [5, 5.41) is 13.4. The second-order valence-corrected chi connectivity index (χ2v) is 9.22. The highest BCUT2D eigenvalue weighted by atomic mass is 32.2. The maximum Gasteiger partial charge on any atom is 0.253 e. The Morgan fingerprint density at radius 3 is 2.55 bits per heavy atom. The van der Waals surface area contributed by atoms with Crippen molar-refractivity contribution in [2.45, 2.75) is 31.7 Å². The molecule has 5 rings (SSSR count). The minimum atomic E-state index is 0.313. The van der Waals surface area contributed by atoms with Gasteiger partial charge in [-0.25, -0.2) is 0 Å². The van der Waals surface area contributed by atoms with E-state index in [4.69, 9.17) is 8.94 Å². The maximum atomic E-state index is 6.12. The van der Waals surface area contributed by atoms with Crippen LogP contribution >= 0.6 is 11.8 Å². The molecule has 0 bridgehead atoms. The van der Waals surface area contributed by atoms with E-state index in [-0.39, 0.29) is 0 Å². The summed E-state index contributed by atoms with van der Waals surface area (Å²) in [7, 11) is 0. The van der Waals surface area contributed by atoms with E-state index in [1.165, 1.54) is 5.56 Å². The van der Waals surface area contributed by atoms with Crippen molar-refractivity contribution in [2.24, 2.45) is 0 Å². The second kappa shape index (κ2) is 8.69. The Labute approximate surface area is 185 Å². The first-order valence-electron chi connectivity index (χ1n) is 10.5. The number of nitrogens with zero attached hydrogens (tertiary/aromatic N) is 4. The molecule has 0 amide bonds. The number of aromatic nitrogens is 3. The van der Waals surface area contributed by atoms with E-state index in [0.717, 1.165) is 29.1 Å². The van der Waals surface area contributed by atoms with Gasteiger partial charge in [0, 0.05) is 29.2 Å². The smallest absolute Gasteiger partial charge is 0.253 e. The average molecular weight is 433 g/mol. The summed E-state index contributed by atoms with van der Waals surface area (Å²) >= 11 is 2.01. The Hall–Kier alpha value is -2.90. The van der Waals surface area contributed by atoms with Gasteiger partial charge in [0.15, 0.2) is 0 Å². The van der Waals surface area contributed by atoms with Crippen LogP contribution in [0, 0.1) is 6.92 Å². The molecule has 2 aromatic heterocycles. The Bertz CT molecular complexity index is 1140. The first kappa shape index (κ1) is 20.0. The lowest BCUT2D eigenvalue weighted by Crippen LogP contribution is -2.39. The number of rotatable bonds is 5. The Morgan fingerprint density at radius 1 is 1.03 bits per heavy atom. The number of aryl methyl sites for hydroxylation is 1. The van der Waals surface area contributed by atoms with Crippen molar-refractivity contribution >= 4 is 11.8 Å². The number of benzene rings is 2. The van der Waals surface area contributed by atoms with Crippen LogP contribution in [0.25, 0.3) is 22.7 Å². The molecule has 0 aliphatic carbocycles. The summed E-state index contributed by atoms with van der Waals surface area (Å²) in [6.07, 6.45) is 0. The Kier molecular flexibility index (Phi) is 5.61. The fourth-order valence-corrected chi connectivity index (χ4v) is 5.43. The minimum Gasteiger partial charge on any atom is -0.419 e. The highest BCUT2D eigenvalue weighted by Crippen LogP contribution is 2.37. The molecule has 1 aliphatic rings. The molecule has 31 heavy (non-hydrogen) atoms. The second-order valence-electron chi connectivity index (χ2n) is 7.73. The Balaban J connectivity index is 1.42. The highest BCUT2D eigenvalue weighted by Gasteiger charge is 2.32. The monoisotopic (exact) mass is 432 g/mol. The van der Waals surface area contributed by atoms with Crippen LogP contribution in [-0.2, 0) is 6.54 Å². The van der Waals surface area contributed by atoms with Crippen LogP contribution in [0.15, 0.2) is 69.6 Å². The third-order valence-electron chi connectivity index (χ3n) is 5.67. The average Bonchev–Trinajstić information content (AvgIpc) is 3.41. The lowest BCUT2D eigenvalue weighted by molar-refractivity contribution is 0.174. The molecule has 4 aromatic rings. The van der Waals surface area contributed by atoms with Crippen LogP contribution in [0.3, 0.4) is 0 Å². The van der Waals surface area contributed by atoms with Crippen LogP contribution in [0.4, 0.5) is 0 Å². The topological polar surface area (TPSA) is 68.2 Å². The van der Waals surface area contributed by atoms with Crippen molar-refractivity contribution in [3.05, 3.63) is 77.9 Å². The fourth-order valence-electron chi connectivity index (χ4n) is 4.20. The molecular weight excluding hydrogens is 408 g/mol. The van der Waals surface area contributed by atoms with Crippen molar-refractivity contribution in [2.75, 3.05) is 12.3 Å². The van der Waals surface area contributed by atoms with Gasteiger partial charge in [0.2, 0.25) is 5.89 Å². The third-order valence-corrected chi connectivity index (χ3v) is 6.87. The van der Waals surface area contributed by atoms with Crippen LogP contribution in [0.1, 0.15) is 30.2 Å². The number of hydrogen-bond donors (Lipinski definition) is 0. The van der Waals surface area contributed by atoms with E-state index in [1.807, 2.05) is 49.0 Å². The summed E-state index contributed by atoms with van der Waals surface area (Å²) in [5.41, 5.74) is 3.76. The van der Waals surface area contributed by atoms with E-state index in [1.54, 1.807) is 0 Å². The van der Waals surface area contributed by atoms with Crippen LogP contribution in [-0.4, -0.2) is 37.8 Å². The summed E-state index contributed by atoms with van der Waals surface area (Å²) < 4.78 is 11.6. The maximum absolute atomic E-state index is 6.12. The molecule has 0 saturated carbocycles. The number of thioether (sulfide) groups is 1. The normalized spacial score (nSPS) is 19.5. The van der Waals surface area contributed by atoms with Gasteiger partial charge in [0.1, 0.15) is 17.0 Å². The lowest BCUT2D eigenvalue weighted by atomic mass is 10.0. The molecule has 6 nitrogen and oxygen atoms in total. The Morgan fingerprint density at radius 2 is 1.77 bits per heavy atom. The van der Waals surface area contributed by atoms with Gasteiger partial charge in [-0.3, -0.25) is 4.90 Å². The fraction of sp³-hybridized carbons (Fsp3) is 0.292. The molecular formula is C24H24N4O2S. The first-order valence-corrected chi connectivity index (χ1v) is 11.5. The summed E-state index contributed by atoms with van der Waals surface area (Å²) in [5.74, 6) is 2.81. The first-order chi connectivity index (χ1) is 15.2. The molecule has 158 valence electrons. The molecule has 3 heterocycles. The van der Waals surface area contributed by atoms with Crippen molar-refractivity contribution in [1.82, 2.24) is 20.3 Å². The van der Waals surface area contributed by atoms with Crippen molar-refractivity contribution in [3.8, 4) is 22.7 Å². The standard InChI is InChI=1S/C24H24N4O2S/c1-16-21(22(27-30-16)18-9-5-3-6-10-18)24-26-25-20(29-24)15-28-13-14-31-17(2)23(28)19-11-7-4-8-12-19/h3-12,17,23H,13-15H2,1-2H3. The molecule has 1 saturated heterocycles. The van der Waals surface area contributed by atoms with Crippen LogP contribution in [0.5, 0.6) is 0 Å². The van der Waals surface area contributed by atoms with Crippen molar-refractivity contribution in [3.63, 3.8) is 0 Å². The van der Waals surface area contributed by atoms with E-state index >= 15 is 0 Å². The van der Waals surface area contributed by atoms with Crippen molar-refractivity contribution in [1.29, 1.82) is 0 Å². The predicted molar refractivity (Wildman–Crippen MR) is 121 cm³/mol. The van der Waals surface area contributed by atoms with Crippen molar-refractivity contribution < 1.29 is 8.94 Å². The molecule has 0 radical (unpaired) electrons. The number of hydrogen-bond acceptors (Lipinski definition) is 7. The van der Waals surface area contributed by atoms with Gasteiger partial charge in [-0.2, -0.15) is 11.8 Å². The van der Waals surface area contributed by atoms with E-state index < -0.39 is 0 Å². The van der Waals surface area contributed by atoms with Crippen LogP contribution < -0.4 is 0 Å². The van der Waals surface area contributed by atoms with Gasteiger partial charge in [0.05, 0.1) is 6.54 Å². The molecule has 2 unspecified atom stereocenters. The lowest BCUT2D eigenvalue weighted by Gasteiger charge is -2.39. The van der Waals surface area contributed by atoms with E-state index in [0.29, 0.717) is 35.4 Å². The predicted octanol–water partition coefficient (Wildman–Crippen LogP) is 5.38. The van der Waals surface area contributed by atoms with Gasteiger partial charge in [-0.05, 0) is 12.5 Å². The molecule has 0 spiro atoms. The summed E-state index contributed by atoms with van der Waals surface area (Å²) in [6.45, 7) is 5.75. The third kappa shape index (κ3) is 4.03. The summed E-state index contributed by atoms with van der Waals surface area (Å²) in [4.78, 5) is 2.44. The van der Waals surface area contributed by atoms with Gasteiger partial charge >= 0.3 is 0 Å². The SMILES string of the molecule is Cc1onc(-c2ccccc2)c1-c1nnc(CN2CCSC(C)C2c2ccccc2)o1. The zero-order valence-electron chi connectivity index (χ0n) is 17.6. The molecule has 7 heteroatoms. The zero-order chi connectivity index (χ0) is 21.2. The van der Waals surface area contributed by atoms with Crippen LogP contribution in [0.2, 0.25) is 0 Å². The minimum absolute atomic E-state index is 0.313.